The highest BCUT2D eigenvalue weighted by Crippen LogP contribution is 2.38. The van der Waals surface area contributed by atoms with Crippen LogP contribution in [0.15, 0.2) is 30.3 Å². The van der Waals surface area contributed by atoms with Crippen LogP contribution >= 0.6 is 0 Å². The second-order valence-corrected chi connectivity index (χ2v) is 6.89. The van der Waals surface area contributed by atoms with Crippen LogP contribution in [0.4, 0.5) is 17.6 Å². The molecule has 0 atom stereocenters. The van der Waals surface area contributed by atoms with E-state index in [1.54, 1.807) is 12.1 Å². The van der Waals surface area contributed by atoms with Crippen LogP contribution in [-0.4, -0.2) is 22.8 Å². The Labute approximate surface area is 147 Å². The number of rotatable bonds is 2. The molecule has 0 N–H and O–H groups in total. The fourth-order valence-corrected chi connectivity index (χ4v) is 3.76. The summed E-state index contributed by atoms with van der Waals surface area (Å²) in [6.07, 6.45) is -4.51. The van der Waals surface area contributed by atoms with Crippen molar-refractivity contribution in [3.63, 3.8) is 0 Å². The quantitative estimate of drug-likeness (QED) is 0.754. The van der Waals surface area contributed by atoms with Gasteiger partial charge in [-0.2, -0.15) is 13.2 Å². The van der Waals surface area contributed by atoms with Gasteiger partial charge in [0.25, 0.3) is 5.91 Å². The minimum absolute atomic E-state index is 0.0300. The molecule has 0 spiro atoms. The number of amides is 1. The molecule has 7 heteroatoms. The molecule has 4 rings (SSSR count). The number of carbonyl (C=O) groups is 1. The van der Waals surface area contributed by atoms with Crippen molar-refractivity contribution in [2.24, 2.45) is 0 Å². The van der Waals surface area contributed by atoms with Gasteiger partial charge in [-0.15, -0.1) is 0 Å². The largest absolute Gasteiger partial charge is 0.416 e. The highest BCUT2D eigenvalue weighted by Gasteiger charge is 2.39. The summed E-state index contributed by atoms with van der Waals surface area (Å²) in [5, 5.41) is 0. The molecule has 2 heterocycles. The molecule has 2 aromatic rings. The van der Waals surface area contributed by atoms with Gasteiger partial charge in [-0.1, -0.05) is 6.07 Å². The van der Waals surface area contributed by atoms with Crippen LogP contribution in [0.25, 0.3) is 0 Å². The Morgan fingerprint density at radius 2 is 1.77 bits per heavy atom. The Morgan fingerprint density at radius 1 is 1.04 bits per heavy atom. The van der Waals surface area contributed by atoms with Crippen molar-refractivity contribution in [2.75, 3.05) is 7.05 Å². The lowest BCUT2D eigenvalue weighted by Gasteiger charge is -2.18. The van der Waals surface area contributed by atoms with Gasteiger partial charge in [0.05, 0.1) is 5.56 Å². The molecular weight excluding hydrogens is 348 g/mol. The molecule has 0 bridgehead atoms. The third-order valence-electron chi connectivity index (χ3n) is 4.95. The van der Waals surface area contributed by atoms with Gasteiger partial charge in [0, 0.05) is 38.8 Å². The normalized spacial score (nSPS) is 17.0. The van der Waals surface area contributed by atoms with Crippen molar-refractivity contribution in [3.8, 4) is 0 Å². The lowest BCUT2D eigenvalue weighted by atomic mass is 9.98. The Morgan fingerprint density at radius 3 is 2.50 bits per heavy atom. The average molecular weight is 364 g/mol. The van der Waals surface area contributed by atoms with Gasteiger partial charge < -0.3 is 4.90 Å². The van der Waals surface area contributed by atoms with Gasteiger partial charge in [-0.05, 0) is 46.5 Å². The number of halogens is 4. The Hall–Kier alpha value is -2.41. The number of hydrogen-bond acceptors (Lipinski definition) is 2. The molecule has 0 aromatic heterocycles. The first-order chi connectivity index (χ1) is 12.2. The van der Waals surface area contributed by atoms with E-state index in [4.69, 9.17) is 0 Å². The monoisotopic (exact) mass is 364 g/mol. The first kappa shape index (κ1) is 17.0. The molecule has 0 radical (unpaired) electrons. The first-order valence-electron chi connectivity index (χ1n) is 8.20. The number of carbonyl (C=O) groups excluding carboxylic acids is 1. The molecule has 0 fully saturated rings. The first-order valence-corrected chi connectivity index (χ1v) is 8.20. The molecule has 136 valence electrons. The SMILES string of the molecule is CN1Cc2c(cc(CN3Cc4ccc(F)cc4C3)cc2C(F)(F)F)C1=O. The van der Waals surface area contributed by atoms with Crippen molar-refractivity contribution < 1.29 is 22.4 Å². The molecule has 2 aliphatic heterocycles. The van der Waals surface area contributed by atoms with E-state index in [9.17, 15) is 22.4 Å². The summed E-state index contributed by atoms with van der Waals surface area (Å²) in [5.41, 5.74) is 1.68. The second kappa shape index (κ2) is 5.81. The summed E-state index contributed by atoms with van der Waals surface area (Å²) in [6.45, 7) is 1.25. The zero-order valence-electron chi connectivity index (χ0n) is 14.0. The van der Waals surface area contributed by atoms with Crippen LogP contribution in [0, 0.1) is 5.82 Å². The van der Waals surface area contributed by atoms with Gasteiger partial charge in [0.1, 0.15) is 5.82 Å². The van der Waals surface area contributed by atoms with E-state index in [2.05, 4.69) is 0 Å². The topological polar surface area (TPSA) is 23.6 Å². The van der Waals surface area contributed by atoms with Gasteiger partial charge in [-0.25, -0.2) is 4.39 Å². The molecule has 0 unspecified atom stereocenters. The van der Waals surface area contributed by atoms with Crippen molar-refractivity contribution in [2.45, 2.75) is 32.4 Å². The maximum Gasteiger partial charge on any atom is 0.416 e. The van der Waals surface area contributed by atoms with Gasteiger partial charge >= 0.3 is 6.18 Å². The van der Waals surface area contributed by atoms with E-state index in [0.717, 1.165) is 17.2 Å². The predicted octanol–water partition coefficient (Wildman–Crippen LogP) is 3.95. The highest BCUT2D eigenvalue weighted by atomic mass is 19.4. The minimum atomic E-state index is -4.51. The number of alkyl halides is 3. The Bertz CT molecular complexity index is 907. The van der Waals surface area contributed by atoms with Crippen molar-refractivity contribution in [1.82, 2.24) is 9.80 Å². The van der Waals surface area contributed by atoms with Crippen molar-refractivity contribution >= 4 is 5.91 Å². The second-order valence-electron chi connectivity index (χ2n) is 6.89. The fourth-order valence-electron chi connectivity index (χ4n) is 3.76. The van der Waals surface area contributed by atoms with E-state index < -0.39 is 11.7 Å². The number of hydrogen-bond donors (Lipinski definition) is 0. The van der Waals surface area contributed by atoms with E-state index >= 15 is 0 Å². The van der Waals surface area contributed by atoms with E-state index in [0.29, 0.717) is 18.7 Å². The lowest BCUT2D eigenvalue weighted by molar-refractivity contribution is -0.138. The third kappa shape index (κ3) is 2.86. The predicted molar refractivity (Wildman–Crippen MR) is 86.6 cm³/mol. The van der Waals surface area contributed by atoms with Crippen LogP contribution < -0.4 is 0 Å². The average Bonchev–Trinajstić information content (AvgIpc) is 3.07. The summed E-state index contributed by atoms with van der Waals surface area (Å²) in [4.78, 5) is 15.4. The minimum Gasteiger partial charge on any atom is -0.337 e. The summed E-state index contributed by atoms with van der Waals surface area (Å²) in [5.74, 6) is -0.713. The van der Waals surface area contributed by atoms with Crippen LogP contribution in [0.1, 0.15) is 38.2 Å². The summed E-state index contributed by atoms with van der Waals surface area (Å²) in [6, 6.07) is 7.23. The molecule has 1 amide bonds. The van der Waals surface area contributed by atoms with Crippen LogP contribution in [-0.2, 0) is 32.4 Å². The maximum absolute atomic E-state index is 13.5. The fraction of sp³-hybridized carbons (Fsp3) is 0.316. The summed E-state index contributed by atoms with van der Waals surface area (Å²) >= 11 is 0. The van der Waals surface area contributed by atoms with E-state index in [1.807, 2.05) is 4.90 Å². The molecular formula is C19H16F4N2O. The van der Waals surface area contributed by atoms with Crippen LogP contribution in [0.2, 0.25) is 0 Å². The molecule has 0 saturated carbocycles. The Kier molecular flexibility index (Phi) is 3.80. The Balaban J connectivity index is 1.65. The van der Waals surface area contributed by atoms with Gasteiger partial charge in [0.2, 0.25) is 0 Å². The van der Waals surface area contributed by atoms with Crippen LogP contribution in [0.5, 0.6) is 0 Å². The smallest absolute Gasteiger partial charge is 0.337 e. The van der Waals surface area contributed by atoms with E-state index in [1.165, 1.54) is 24.1 Å². The molecule has 0 aliphatic carbocycles. The molecule has 3 nitrogen and oxygen atoms in total. The third-order valence-corrected chi connectivity index (χ3v) is 4.95. The van der Waals surface area contributed by atoms with Crippen molar-refractivity contribution in [3.05, 3.63) is 69.5 Å². The summed E-state index contributed by atoms with van der Waals surface area (Å²) < 4.78 is 53.7. The zero-order chi connectivity index (χ0) is 18.6. The van der Waals surface area contributed by atoms with E-state index in [-0.39, 0.29) is 35.9 Å². The zero-order valence-corrected chi connectivity index (χ0v) is 14.0. The maximum atomic E-state index is 13.5. The lowest BCUT2D eigenvalue weighted by Crippen LogP contribution is -2.18. The summed E-state index contributed by atoms with van der Waals surface area (Å²) in [7, 11) is 1.49. The molecule has 2 aromatic carbocycles. The number of fused-ring (bicyclic) bond motifs is 2. The number of benzene rings is 2. The van der Waals surface area contributed by atoms with Crippen LogP contribution in [0.3, 0.4) is 0 Å². The van der Waals surface area contributed by atoms with Crippen molar-refractivity contribution in [1.29, 1.82) is 0 Å². The molecule has 0 saturated heterocycles. The molecule has 2 aliphatic rings. The standard InChI is InChI=1S/C19H16F4N2O/c1-24-10-16-15(18(24)26)4-11(5-17(16)19(21,22)23)7-25-8-12-2-3-14(20)6-13(12)9-25/h2-6H,7-10H2,1H3. The molecule has 26 heavy (non-hydrogen) atoms. The highest BCUT2D eigenvalue weighted by molar-refractivity contribution is 5.98. The van der Waals surface area contributed by atoms with Gasteiger partial charge in [-0.3, -0.25) is 9.69 Å². The number of nitrogens with zero attached hydrogens (tertiary/aromatic N) is 2. The van der Waals surface area contributed by atoms with Gasteiger partial charge in [0.15, 0.2) is 0 Å².